The molecule has 0 bridgehead atoms. The number of nitrogens with one attached hydrogen (secondary N) is 2. The summed E-state index contributed by atoms with van der Waals surface area (Å²) in [5.41, 5.74) is 5.63. The first kappa shape index (κ1) is 20.8. The highest BCUT2D eigenvalue weighted by Gasteiger charge is 2.16. The molecule has 0 aliphatic carbocycles. The normalized spacial score (nSPS) is 12.5. The number of aliphatic hydroxyl groups excluding tert-OH is 1. The monoisotopic (exact) mass is 417 g/mol. The highest BCUT2D eigenvalue weighted by Crippen LogP contribution is 2.29. The molecule has 0 radical (unpaired) electrons. The molecule has 160 valence electrons. The standard InChI is InChI=1S/C24H27N5O2/c1-13(2)23(30)20-11-22(28-27-20)26-17-7-6-14(3)18(10-17)19-9-16-12-25-15(4)8-21(16)29(5)24(19)31/h6-13,23,30H,1-5H3,(H2,26,27,28)/t23-/m0/s1. The van der Waals surface area contributed by atoms with Gasteiger partial charge < -0.3 is 15.0 Å². The number of rotatable bonds is 5. The van der Waals surface area contributed by atoms with Gasteiger partial charge in [0.05, 0.1) is 17.3 Å². The zero-order valence-corrected chi connectivity index (χ0v) is 18.4. The number of aromatic nitrogens is 4. The summed E-state index contributed by atoms with van der Waals surface area (Å²) in [4.78, 5) is 17.5. The second kappa shape index (κ2) is 8.00. The van der Waals surface area contributed by atoms with E-state index in [1.807, 2.05) is 58.0 Å². The molecule has 0 fully saturated rings. The van der Waals surface area contributed by atoms with Gasteiger partial charge in [-0.3, -0.25) is 14.9 Å². The lowest BCUT2D eigenvalue weighted by atomic mass is 9.99. The van der Waals surface area contributed by atoms with Crippen LogP contribution in [0.4, 0.5) is 11.5 Å². The van der Waals surface area contributed by atoms with Crippen molar-refractivity contribution < 1.29 is 5.11 Å². The van der Waals surface area contributed by atoms with Crippen molar-refractivity contribution in [3.8, 4) is 11.1 Å². The maximum Gasteiger partial charge on any atom is 0.258 e. The van der Waals surface area contributed by atoms with E-state index >= 15 is 0 Å². The fraction of sp³-hybridized carbons (Fsp3) is 0.292. The summed E-state index contributed by atoms with van der Waals surface area (Å²) in [6.07, 6.45) is 1.20. The number of H-pyrrole nitrogens is 1. The van der Waals surface area contributed by atoms with Crippen LogP contribution in [-0.4, -0.2) is 24.9 Å². The highest BCUT2D eigenvalue weighted by atomic mass is 16.3. The first-order valence-electron chi connectivity index (χ1n) is 10.3. The zero-order chi connectivity index (χ0) is 22.3. The molecule has 3 aromatic heterocycles. The number of aliphatic hydroxyl groups is 1. The molecule has 0 saturated heterocycles. The van der Waals surface area contributed by atoms with Crippen LogP contribution >= 0.6 is 0 Å². The van der Waals surface area contributed by atoms with E-state index in [4.69, 9.17) is 0 Å². The predicted molar refractivity (Wildman–Crippen MR) is 124 cm³/mol. The smallest absolute Gasteiger partial charge is 0.258 e. The second-order valence-corrected chi connectivity index (χ2v) is 8.36. The molecule has 7 heteroatoms. The van der Waals surface area contributed by atoms with Crippen LogP contribution in [0, 0.1) is 19.8 Å². The SMILES string of the molecule is Cc1cc2c(cn1)cc(-c1cc(Nc3cc([C@@H](O)C(C)C)[nH]n3)ccc1C)c(=O)n2C. The molecule has 3 N–H and O–H groups in total. The molecule has 0 amide bonds. The number of hydrogen-bond acceptors (Lipinski definition) is 5. The molecule has 0 unspecified atom stereocenters. The number of anilines is 2. The van der Waals surface area contributed by atoms with Crippen molar-refractivity contribution in [1.29, 1.82) is 0 Å². The maximum absolute atomic E-state index is 13.1. The van der Waals surface area contributed by atoms with Crippen LogP contribution in [0.1, 0.15) is 36.9 Å². The minimum atomic E-state index is -0.602. The Bertz CT molecular complexity index is 1320. The van der Waals surface area contributed by atoms with Crippen LogP contribution < -0.4 is 10.9 Å². The third kappa shape index (κ3) is 3.96. The van der Waals surface area contributed by atoms with Gasteiger partial charge in [0.25, 0.3) is 5.56 Å². The number of benzene rings is 1. The first-order chi connectivity index (χ1) is 14.7. The first-order valence-corrected chi connectivity index (χ1v) is 10.3. The quantitative estimate of drug-likeness (QED) is 0.448. The molecule has 0 aliphatic heterocycles. The van der Waals surface area contributed by atoms with Crippen LogP contribution in [-0.2, 0) is 7.05 Å². The molecule has 7 nitrogen and oxygen atoms in total. The van der Waals surface area contributed by atoms with E-state index in [0.717, 1.165) is 33.4 Å². The molecule has 0 saturated carbocycles. The summed E-state index contributed by atoms with van der Waals surface area (Å²) in [6.45, 7) is 7.80. The number of aryl methyl sites for hydroxylation is 3. The molecular weight excluding hydrogens is 390 g/mol. The second-order valence-electron chi connectivity index (χ2n) is 8.36. The van der Waals surface area contributed by atoms with Crippen molar-refractivity contribution in [2.24, 2.45) is 13.0 Å². The van der Waals surface area contributed by atoms with E-state index in [0.29, 0.717) is 17.1 Å². The molecule has 0 spiro atoms. The largest absolute Gasteiger partial charge is 0.387 e. The van der Waals surface area contributed by atoms with Crippen molar-refractivity contribution in [1.82, 2.24) is 19.7 Å². The Morgan fingerprint density at radius 3 is 2.61 bits per heavy atom. The molecule has 31 heavy (non-hydrogen) atoms. The molecule has 1 atom stereocenters. The van der Waals surface area contributed by atoms with E-state index in [1.165, 1.54) is 0 Å². The summed E-state index contributed by atoms with van der Waals surface area (Å²) >= 11 is 0. The van der Waals surface area contributed by atoms with Gasteiger partial charge in [-0.15, -0.1) is 0 Å². The summed E-state index contributed by atoms with van der Waals surface area (Å²) < 4.78 is 1.67. The Labute approximate surface area is 180 Å². The van der Waals surface area contributed by atoms with Gasteiger partial charge in [-0.2, -0.15) is 5.10 Å². The average molecular weight is 418 g/mol. The van der Waals surface area contributed by atoms with E-state index < -0.39 is 6.10 Å². The Morgan fingerprint density at radius 1 is 1.10 bits per heavy atom. The van der Waals surface area contributed by atoms with Crippen LogP contribution in [0.2, 0.25) is 0 Å². The molecule has 4 aromatic rings. The van der Waals surface area contributed by atoms with E-state index in [-0.39, 0.29) is 11.5 Å². The van der Waals surface area contributed by atoms with Crippen LogP contribution in [0.5, 0.6) is 0 Å². The number of hydrogen-bond donors (Lipinski definition) is 3. The minimum Gasteiger partial charge on any atom is -0.387 e. The highest BCUT2D eigenvalue weighted by molar-refractivity contribution is 5.85. The molecule has 1 aromatic carbocycles. The summed E-state index contributed by atoms with van der Waals surface area (Å²) in [5, 5.41) is 21.5. The van der Waals surface area contributed by atoms with Gasteiger partial charge >= 0.3 is 0 Å². The number of fused-ring (bicyclic) bond motifs is 1. The van der Waals surface area contributed by atoms with Gasteiger partial charge in [-0.1, -0.05) is 19.9 Å². The third-order valence-corrected chi connectivity index (χ3v) is 5.59. The molecular formula is C24H27N5O2. The van der Waals surface area contributed by atoms with Crippen molar-refractivity contribution in [3.63, 3.8) is 0 Å². The van der Waals surface area contributed by atoms with Crippen molar-refractivity contribution >= 4 is 22.4 Å². The Kier molecular flexibility index (Phi) is 5.37. The number of nitrogens with zero attached hydrogens (tertiary/aromatic N) is 3. The molecule has 4 rings (SSSR count). The Morgan fingerprint density at radius 2 is 1.87 bits per heavy atom. The topological polar surface area (TPSA) is 95.8 Å². The maximum atomic E-state index is 13.1. The minimum absolute atomic E-state index is 0.0551. The van der Waals surface area contributed by atoms with Gasteiger partial charge in [0, 0.05) is 41.6 Å². The van der Waals surface area contributed by atoms with Gasteiger partial charge in [0.15, 0.2) is 5.82 Å². The van der Waals surface area contributed by atoms with Gasteiger partial charge in [-0.25, -0.2) is 0 Å². The van der Waals surface area contributed by atoms with E-state index in [2.05, 4.69) is 20.5 Å². The summed E-state index contributed by atoms with van der Waals surface area (Å²) in [5.74, 6) is 0.692. The van der Waals surface area contributed by atoms with Crippen LogP contribution in [0.3, 0.4) is 0 Å². The van der Waals surface area contributed by atoms with E-state index in [1.54, 1.807) is 23.9 Å². The summed E-state index contributed by atoms with van der Waals surface area (Å²) in [6, 6.07) is 11.5. The van der Waals surface area contributed by atoms with Crippen molar-refractivity contribution in [3.05, 3.63) is 69.9 Å². The zero-order valence-electron chi connectivity index (χ0n) is 18.4. The van der Waals surface area contributed by atoms with Crippen molar-refractivity contribution in [2.45, 2.75) is 33.8 Å². The van der Waals surface area contributed by atoms with Crippen molar-refractivity contribution in [2.75, 3.05) is 5.32 Å². The lowest BCUT2D eigenvalue weighted by molar-refractivity contribution is 0.122. The number of pyridine rings is 2. The Hall–Kier alpha value is -3.45. The van der Waals surface area contributed by atoms with Gasteiger partial charge in [0.2, 0.25) is 0 Å². The van der Waals surface area contributed by atoms with Crippen LogP contribution in [0.15, 0.2) is 47.4 Å². The predicted octanol–water partition coefficient (Wildman–Crippen LogP) is 4.37. The lowest BCUT2D eigenvalue weighted by Crippen LogP contribution is -2.19. The fourth-order valence-electron chi connectivity index (χ4n) is 3.71. The van der Waals surface area contributed by atoms with Gasteiger partial charge in [0.1, 0.15) is 0 Å². The molecule has 0 aliphatic rings. The van der Waals surface area contributed by atoms with Gasteiger partial charge in [-0.05, 0) is 55.2 Å². The average Bonchev–Trinajstić information content (AvgIpc) is 3.20. The molecule has 3 heterocycles. The third-order valence-electron chi connectivity index (χ3n) is 5.59. The fourth-order valence-corrected chi connectivity index (χ4v) is 3.71. The lowest BCUT2D eigenvalue weighted by Gasteiger charge is -2.13. The number of aromatic amines is 1. The van der Waals surface area contributed by atoms with Crippen LogP contribution in [0.25, 0.3) is 22.0 Å². The van der Waals surface area contributed by atoms with E-state index in [9.17, 15) is 9.90 Å². The Balaban J connectivity index is 1.73. The summed E-state index contributed by atoms with van der Waals surface area (Å²) in [7, 11) is 1.79.